The van der Waals surface area contributed by atoms with Crippen LogP contribution in [0, 0.1) is 6.92 Å². The molecule has 8 heteroatoms. The van der Waals surface area contributed by atoms with Gasteiger partial charge in [-0.05, 0) is 24.6 Å². The fourth-order valence-corrected chi connectivity index (χ4v) is 2.48. The zero-order valence-corrected chi connectivity index (χ0v) is 14.3. The van der Waals surface area contributed by atoms with Crippen molar-refractivity contribution in [3.05, 3.63) is 29.3 Å². The van der Waals surface area contributed by atoms with Gasteiger partial charge >= 0.3 is 5.97 Å². The number of aliphatic hydroxyl groups excluding tert-OH is 1. The summed E-state index contributed by atoms with van der Waals surface area (Å²) in [5.74, 6) is -1.03. The largest absolute Gasteiger partial charge is 0.480 e. The number of carbonyl (C=O) groups excluding carboxylic acids is 1. The van der Waals surface area contributed by atoms with Crippen LogP contribution in [0.3, 0.4) is 0 Å². The van der Waals surface area contributed by atoms with Crippen molar-refractivity contribution in [3.8, 4) is 0 Å². The van der Waals surface area contributed by atoms with Gasteiger partial charge in [0.2, 0.25) is 0 Å². The molecule has 1 aromatic carbocycles. The molecule has 0 saturated heterocycles. The Morgan fingerprint density at radius 1 is 1.26 bits per heavy atom. The maximum absolute atomic E-state index is 12.2. The summed E-state index contributed by atoms with van der Waals surface area (Å²) >= 11 is 11.6. The van der Waals surface area contributed by atoms with Crippen LogP contribution in [0.25, 0.3) is 0 Å². The highest BCUT2D eigenvalue weighted by Crippen LogP contribution is 2.22. The Kier molecular flexibility index (Phi) is 8.16. The first-order valence-corrected chi connectivity index (χ1v) is 8.13. The number of aliphatic hydroxyl groups is 1. The zero-order valence-electron chi connectivity index (χ0n) is 12.8. The van der Waals surface area contributed by atoms with Crippen LogP contribution in [0.5, 0.6) is 0 Å². The van der Waals surface area contributed by atoms with Crippen LogP contribution in [-0.4, -0.2) is 59.6 Å². The van der Waals surface area contributed by atoms with Crippen LogP contribution in [0.1, 0.15) is 15.9 Å². The Hall–Kier alpha value is -1.50. The minimum absolute atomic E-state index is 0.305. The van der Waals surface area contributed by atoms with Gasteiger partial charge in [-0.1, -0.05) is 6.07 Å². The fraction of sp³-hybridized carbons (Fsp3) is 0.467. The number of aryl methyl sites for hydroxylation is 1. The second-order valence-corrected chi connectivity index (χ2v) is 5.67. The number of rotatable bonds is 9. The van der Waals surface area contributed by atoms with E-state index in [0.29, 0.717) is 30.4 Å². The molecule has 0 aliphatic heterocycles. The molecule has 3 N–H and O–H groups in total. The SMILES string of the molecule is Cc1ccc(C(=O)N[C@H](CO)C(=O)O)cc1N(CCCl)CCCl. The number of hydrogen-bond acceptors (Lipinski definition) is 4. The van der Waals surface area contributed by atoms with Crippen molar-refractivity contribution < 1.29 is 19.8 Å². The lowest BCUT2D eigenvalue weighted by Gasteiger charge is -2.25. The van der Waals surface area contributed by atoms with Crippen molar-refractivity contribution in [2.24, 2.45) is 0 Å². The second kappa shape index (κ2) is 9.60. The Bertz CT molecular complexity index is 548. The van der Waals surface area contributed by atoms with Gasteiger partial charge in [0.25, 0.3) is 5.91 Å². The Morgan fingerprint density at radius 3 is 2.35 bits per heavy atom. The Morgan fingerprint density at radius 2 is 1.87 bits per heavy atom. The summed E-state index contributed by atoms with van der Waals surface area (Å²) < 4.78 is 0. The molecule has 0 radical (unpaired) electrons. The van der Waals surface area contributed by atoms with E-state index in [1.165, 1.54) is 0 Å². The van der Waals surface area contributed by atoms with Crippen molar-refractivity contribution >= 4 is 40.8 Å². The predicted octanol–water partition coefficient (Wildman–Crippen LogP) is 1.45. The topological polar surface area (TPSA) is 89.9 Å². The summed E-state index contributed by atoms with van der Waals surface area (Å²) in [6.45, 7) is 2.38. The van der Waals surface area contributed by atoms with Crippen LogP contribution >= 0.6 is 23.2 Å². The van der Waals surface area contributed by atoms with E-state index in [9.17, 15) is 9.59 Å². The number of nitrogens with one attached hydrogen (secondary N) is 1. The number of carboxylic acids is 1. The van der Waals surface area contributed by atoms with E-state index in [0.717, 1.165) is 11.3 Å². The third kappa shape index (κ3) is 5.57. The molecule has 0 heterocycles. The number of hydrogen-bond donors (Lipinski definition) is 3. The van der Waals surface area contributed by atoms with Crippen LogP contribution in [-0.2, 0) is 4.79 Å². The summed E-state index contributed by atoms with van der Waals surface area (Å²) in [6.07, 6.45) is 0. The summed E-state index contributed by atoms with van der Waals surface area (Å²) in [5, 5.41) is 20.1. The number of carbonyl (C=O) groups is 2. The molecule has 6 nitrogen and oxygen atoms in total. The molecule has 0 spiro atoms. The quantitative estimate of drug-likeness (QED) is 0.578. The number of alkyl halides is 2. The van der Waals surface area contributed by atoms with E-state index in [4.69, 9.17) is 33.4 Å². The van der Waals surface area contributed by atoms with E-state index in [2.05, 4.69) is 5.32 Å². The van der Waals surface area contributed by atoms with Gasteiger partial charge in [0.1, 0.15) is 0 Å². The van der Waals surface area contributed by atoms with Crippen molar-refractivity contribution in [1.29, 1.82) is 0 Å². The molecule has 0 aliphatic rings. The number of amides is 1. The van der Waals surface area contributed by atoms with Crippen LogP contribution < -0.4 is 10.2 Å². The molecular formula is C15H20Cl2N2O4. The smallest absolute Gasteiger partial charge is 0.328 e. The van der Waals surface area contributed by atoms with Crippen molar-refractivity contribution in [3.63, 3.8) is 0 Å². The van der Waals surface area contributed by atoms with Gasteiger partial charge in [-0.15, -0.1) is 23.2 Å². The first-order chi connectivity index (χ1) is 10.9. The molecule has 1 rings (SSSR count). The molecule has 1 atom stereocenters. The summed E-state index contributed by atoms with van der Waals surface area (Å²) in [7, 11) is 0. The lowest BCUT2D eigenvalue weighted by Crippen LogP contribution is -2.43. The number of anilines is 1. The molecule has 0 unspecified atom stereocenters. The third-order valence-corrected chi connectivity index (χ3v) is 3.64. The van der Waals surface area contributed by atoms with Crippen molar-refractivity contribution in [2.45, 2.75) is 13.0 Å². The maximum Gasteiger partial charge on any atom is 0.328 e. The normalized spacial score (nSPS) is 11.8. The number of halogens is 2. The molecule has 1 aromatic rings. The van der Waals surface area contributed by atoms with Crippen LogP contribution in [0.15, 0.2) is 18.2 Å². The molecule has 0 aliphatic carbocycles. The molecule has 128 valence electrons. The zero-order chi connectivity index (χ0) is 17.4. The van der Waals surface area contributed by atoms with E-state index in [1.54, 1.807) is 18.2 Å². The van der Waals surface area contributed by atoms with Gasteiger partial charge in [0, 0.05) is 36.1 Å². The number of benzene rings is 1. The van der Waals surface area contributed by atoms with Gasteiger partial charge < -0.3 is 20.4 Å². The Labute approximate surface area is 145 Å². The molecule has 1 amide bonds. The second-order valence-electron chi connectivity index (χ2n) is 4.91. The average molecular weight is 363 g/mol. The van der Waals surface area contributed by atoms with Gasteiger partial charge in [-0.25, -0.2) is 4.79 Å². The molecule has 0 aromatic heterocycles. The van der Waals surface area contributed by atoms with Gasteiger partial charge in [0.15, 0.2) is 6.04 Å². The average Bonchev–Trinajstić information content (AvgIpc) is 2.52. The molecular weight excluding hydrogens is 343 g/mol. The highest BCUT2D eigenvalue weighted by Gasteiger charge is 2.20. The molecule has 0 saturated carbocycles. The first kappa shape index (κ1) is 19.5. The van der Waals surface area contributed by atoms with Gasteiger partial charge in [-0.2, -0.15) is 0 Å². The summed E-state index contributed by atoms with van der Waals surface area (Å²) in [4.78, 5) is 25.0. The monoisotopic (exact) mass is 362 g/mol. The van der Waals surface area contributed by atoms with Crippen molar-refractivity contribution in [1.82, 2.24) is 5.32 Å². The molecule has 23 heavy (non-hydrogen) atoms. The standard InChI is InChI=1S/C15H20Cl2N2O4/c1-10-2-3-11(14(21)18-12(9-20)15(22)23)8-13(10)19(6-4-16)7-5-17/h2-3,8,12,20H,4-7,9H2,1H3,(H,18,21)(H,22,23)/t12-/m1/s1. The van der Waals surface area contributed by atoms with E-state index in [-0.39, 0.29) is 0 Å². The molecule has 0 bridgehead atoms. The third-order valence-electron chi connectivity index (χ3n) is 3.31. The maximum atomic E-state index is 12.2. The van der Waals surface area contributed by atoms with E-state index >= 15 is 0 Å². The van der Waals surface area contributed by atoms with E-state index < -0.39 is 24.5 Å². The van der Waals surface area contributed by atoms with Crippen LogP contribution in [0.4, 0.5) is 5.69 Å². The van der Waals surface area contributed by atoms with E-state index in [1.807, 2.05) is 11.8 Å². The van der Waals surface area contributed by atoms with Crippen LogP contribution in [0.2, 0.25) is 0 Å². The minimum Gasteiger partial charge on any atom is -0.480 e. The lowest BCUT2D eigenvalue weighted by molar-refractivity contribution is -0.140. The van der Waals surface area contributed by atoms with Crippen molar-refractivity contribution in [2.75, 3.05) is 36.4 Å². The number of carboxylic acid groups (broad SMARTS) is 1. The highest BCUT2D eigenvalue weighted by molar-refractivity contribution is 6.18. The molecule has 0 fully saturated rings. The lowest BCUT2D eigenvalue weighted by atomic mass is 10.1. The highest BCUT2D eigenvalue weighted by atomic mass is 35.5. The summed E-state index contributed by atoms with van der Waals surface area (Å²) in [6, 6.07) is 3.70. The van der Waals surface area contributed by atoms with Gasteiger partial charge in [0.05, 0.1) is 6.61 Å². The predicted molar refractivity (Wildman–Crippen MR) is 90.8 cm³/mol. The van der Waals surface area contributed by atoms with Gasteiger partial charge in [-0.3, -0.25) is 4.79 Å². The fourth-order valence-electron chi connectivity index (χ4n) is 2.08. The number of aliphatic carboxylic acids is 1. The summed E-state index contributed by atoms with van der Waals surface area (Å²) in [5.41, 5.74) is 2.07. The number of nitrogens with zero attached hydrogens (tertiary/aromatic N) is 1. The minimum atomic E-state index is -1.34. The first-order valence-electron chi connectivity index (χ1n) is 7.06. The Balaban J connectivity index is 3.03.